The van der Waals surface area contributed by atoms with Gasteiger partial charge in [0.25, 0.3) is 0 Å². The van der Waals surface area contributed by atoms with E-state index in [1.807, 2.05) is 32.0 Å². The van der Waals surface area contributed by atoms with Crippen LogP contribution < -0.4 is 10.5 Å². The summed E-state index contributed by atoms with van der Waals surface area (Å²) in [7, 11) is 0. The number of aromatic nitrogens is 2. The second-order valence-electron chi connectivity index (χ2n) is 4.45. The maximum Gasteiger partial charge on any atom is 0.229 e. The Morgan fingerprint density at radius 3 is 2.84 bits per heavy atom. The van der Waals surface area contributed by atoms with Crippen LogP contribution in [-0.4, -0.2) is 10.1 Å². The van der Waals surface area contributed by atoms with Crippen molar-refractivity contribution in [1.29, 1.82) is 0 Å². The third kappa shape index (κ3) is 3.54. The number of nitrogens with two attached hydrogens (primary N) is 1. The lowest BCUT2D eigenvalue weighted by Crippen LogP contribution is -2.01. The summed E-state index contributed by atoms with van der Waals surface area (Å²) in [5, 5.41) is 3.87. The zero-order valence-corrected chi connectivity index (χ0v) is 12.5. The number of benzene rings is 1. The van der Waals surface area contributed by atoms with Crippen LogP contribution in [0.2, 0.25) is 0 Å². The molecule has 6 heteroatoms. The van der Waals surface area contributed by atoms with Gasteiger partial charge in [0.2, 0.25) is 11.7 Å². The van der Waals surface area contributed by atoms with Crippen molar-refractivity contribution in [3.05, 3.63) is 40.0 Å². The van der Waals surface area contributed by atoms with E-state index in [0.717, 1.165) is 15.8 Å². The molecule has 0 aliphatic rings. The van der Waals surface area contributed by atoms with Crippen molar-refractivity contribution >= 4 is 15.9 Å². The second kappa shape index (κ2) is 6.16. The molecule has 0 saturated carbocycles. The van der Waals surface area contributed by atoms with Crippen LogP contribution in [0.25, 0.3) is 0 Å². The van der Waals surface area contributed by atoms with Crippen LogP contribution in [0, 0.1) is 0 Å². The molecule has 2 rings (SSSR count). The summed E-state index contributed by atoms with van der Waals surface area (Å²) in [6.45, 7) is 4.74. The molecule has 0 amide bonds. The monoisotopic (exact) mass is 325 g/mol. The van der Waals surface area contributed by atoms with Gasteiger partial charge in [0.15, 0.2) is 6.61 Å². The molecule has 0 aliphatic carbocycles. The number of halogens is 1. The van der Waals surface area contributed by atoms with Crippen molar-refractivity contribution in [2.24, 2.45) is 5.73 Å². The molecule has 1 heterocycles. The van der Waals surface area contributed by atoms with Gasteiger partial charge in [0, 0.05) is 16.9 Å². The van der Waals surface area contributed by atoms with Gasteiger partial charge in [0.1, 0.15) is 5.75 Å². The molecule has 0 fully saturated rings. The van der Waals surface area contributed by atoms with Gasteiger partial charge in [-0.1, -0.05) is 34.9 Å². The fourth-order valence-electron chi connectivity index (χ4n) is 1.51. The van der Waals surface area contributed by atoms with E-state index in [2.05, 4.69) is 26.1 Å². The Labute approximate surface area is 120 Å². The van der Waals surface area contributed by atoms with Crippen molar-refractivity contribution in [3.63, 3.8) is 0 Å². The summed E-state index contributed by atoms with van der Waals surface area (Å²) in [6, 6.07) is 5.67. The fraction of sp³-hybridized carbons (Fsp3) is 0.385. The summed E-state index contributed by atoms with van der Waals surface area (Å²) >= 11 is 3.43. The Balaban J connectivity index is 2.01. The molecule has 0 saturated heterocycles. The third-order valence-corrected chi connectivity index (χ3v) is 3.36. The molecule has 0 unspecified atom stereocenters. The number of rotatable bonds is 5. The third-order valence-electron chi connectivity index (χ3n) is 2.58. The molecule has 5 nitrogen and oxygen atoms in total. The zero-order chi connectivity index (χ0) is 13.8. The summed E-state index contributed by atoms with van der Waals surface area (Å²) in [4.78, 5) is 4.25. The van der Waals surface area contributed by atoms with Crippen molar-refractivity contribution in [3.8, 4) is 5.75 Å². The standard InChI is InChI=1S/C13H16BrN3O2/c1-8(2)13-16-12(17-19-13)7-18-10-3-4-11(14)9(5-10)6-15/h3-5,8H,6-7,15H2,1-2H3. The first-order valence-corrected chi connectivity index (χ1v) is 6.83. The molecule has 19 heavy (non-hydrogen) atoms. The number of hydrogen-bond acceptors (Lipinski definition) is 5. The predicted octanol–water partition coefficient (Wildman–Crippen LogP) is 2.99. The van der Waals surface area contributed by atoms with Crippen molar-refractivity contribution in [1.82, 2.24) is 10.1 Å². The summed E-state index contributed by atoms with van der Waals surface area (Å²) in [5.41, 5.74) is 6.63. The van der Waals surface area contributed by atoms with E-state index >= 15 is 0 Å². The van der Waals surface area contributed by atoms with E-state index in [-0.39, 0.29) is 12.5 Å². The Morgan fingerprint density at radius 1 is 1.42 bits per heavy atom. The predicted molar refractivity (Wildman–Crippen MR) is 74.8 cm³/mol. The highest BCUT2D eigenvalue weighted by molar-refractivity contribution is 9.10. The topological polar surface area (TPSA) is 74.2 Å². The minimum absolute atomic E-state index is 0.220. The van der Waals surface area contributed by atoms with Gasteiger partial charge in [-0.15, -0.1) is 0 Å². The molecule has 102 valence electrons. The van der Waals surface area contributed by atoms with E-state index < -0.39 is 0 Å². The lowest BCUT2D eigenvalue weighted by atomic mass is 10.2. The van der Waals surface area contributed by atoms with Crippen molar-refractivity contribution in [2.45, 2.75) is 32.9 Å². The van der Waals surface area contributed by atoms with Gasteiger partial charge >= 0.3 is 0 Å². The molecular formula is C13H16BrN3O2. The summed E-state index contributed by atoms with van der Waals surface area (Å²) in [6.07, 6.45) is 0. The number of nitrogens with zero attached hydrogens (tertiary/aromatic N) is 2. The van der Waals surface area contributed by atoms with Crippen LogP contribution >= 0.6 is 15.9 Å². The van der Waals surface area contributed by atoms with Crippen LogP contribution in [0.3, 0.4) is 0 Å². The summed E-state index contributed by atoms with van der Waals surface area (Å²) < 4.78 is 11.7. The fourth-order valence-corrected chi connectivity index (χ4v) is 1.91. The van der Waals surface area contributed by atoms with E-state index in [1.54, 1.807) is 0 Å². The lowest BCUT2D eigenvalue weighted by molar-refractivity contribution is 0.284. The molecule has 0 atom stereocenters. The minimum atomic E-state index is 0.220. The van der Waals surface area contributed by atoms with Gasteiger partial charge in [-0.3, -0.25) is 0 Å². The maximum absolute atomic E-state index is 5.64. The molecule has 1 aromatic heterocycles. The van der Waals surface area contributed by atoms with Crippen LogP contribution in [0.4, 0.5) is 0 Å². The van der Waals surface area contributed by atoms with Crippen LogP contribution in [0.15, 0.2) is 27.2 Å². The highest BCUT2D eigenvalue weighted by Crippen LogP contribution is 2.22. The number of ether oxygens (including phenoxy) is 1. The van der Waals surface area contributed by atoms with Crippen LogP contribution in [-0.2, 0) is 13.2 Å². The quantitative estimate of drug-likeness (QED) is 0.914. The maximum atomic E-state index is 5.64. The van der Waals surface area contributed by atoms with Gasteiger partial charge in [-0.05, 0) is 23.8 Å². The molecule has 0 spiro atoms. The normalized spacial score (nSPS) is 11.0. The average Bonchev–Trinajstić information content (AvgIpc) is 2.87. The highest BCUT2D eigenvalue weighted by Gasteiger charge is 2.10. The second-order valence-corrected chi connectivity index (χ2v) is 5.30. The molecule has 0 radical (unpaired) electrons. The smallest absolute Gasteiger partial charge is 0.229 e. The Bertz CT molecular complexity index is 555. The molecule has 0 bridgehead atoms. The molecule has 2 N–H and O–H groups in total. The first-order valence-electron chi connectivity index (χ1n) is 6.04. The Kier molecular flexibility index (Phi) is 4.55. The first kappa shape index (κ1) is 14.0. The molecule has 1 aromatic carbocycles. The van der Waals surface area contributed by atoms with Gasteiger partial charge in [-0.25, -0.2) is 0 Å². The zero-order valence-electron chi connectivity index (χ0n) is 10.9. The molecular weight excluding hydrogens is 310 g/mol. The average molecular weight is 326 g/mol. The minimum Gasteiger partial charge on any atom is -0.485 e. The Morgan fingerprint density at radius 2 is 2.21 bits per heavy atom. The lowest BCUT2D eigenvalue weighted by Gasteiger charge is -2.06. The molecule has 2 aromatic rings. The summed E-state index contributed by atoms with van der Waals surface area (Å²) in [5.74, 6) is 2.12. The van der Waals surface area contributed by atoms with Crippen molar-refractivity contribution < 1.29 is 9.26 Å². The van der Waals surface area contributed by atoms with E-state index in [9.17, 15) is 0 Å². The van der Waals surface area contributed by atoms with Crippen molar-refractivity contribution in [2.75, 3.05) is 0 Å². The number of hydrogen-bond donors (Lipinski definition) is 1. The van der Waals surface area contributed by atoms with Gasteiger partial charge < -0.3 is 15.0 Å². The van der Waals surface area contributed by atoms with Crippen LogP contribution in [0.1, 0.15) is 37.0 Å². The Hall–Kier alpha value is -1.40. The highest BCUT2D eigenvalue weighted by atomic mass is 79.9. The van der Waals surface area contributed by atoms with E-state index in [4.69, 9.17) is 15.0 Å². The largest absolute Gasteiger partial charge is 0.485 e. The first-order chi connectivity index (χ1) is 9.10. The molecule has 0 aliphatic heterocycles. The van der Waals surface area contributed by atoms with Crippen LogP contribution in [0.5, 0.6) is 5.75 Å². The van der Waals surface area contributed by atoms with E-state index in [1.165, 1.54) is 0 Å². The SMILES string of the molecule is CC(C)c1nc(COc2ccc(Br)c(CN)c2)no1. The van der Waals surface area contributed by atoms with E-state index in [0.29, 0.717) is 18.3 Å². The van der Waals surface area contributed by atoms with Gasteiger partial charge in [0.05, 0.1) is 0 Å². The van der Waals surface area contributed by atoms with Gasteiger partial charge in [-0.2, -0.15) is 4.98 Å².